The first-order valence-corrected chi connectivity index (χ1v) is 8.09. The quantitative estimate of drug-likeness (QED) is 0.857. The van der Waals surface area contributed by atoms with Crippen molar-refractivity contribution < 1.29 is 22.6 Å². The number of rotatable bonds is 6. The van der Waals surface area contributed by atoms with Crippen LogP contribution in [0.3, 0.4) is 0 Å². The van der Waals surface area contributed by atoms with E-state index in [2.05, 4.69) is 10.2 Å². The van der Waals surface area contributed by atoms with E-state index >= 15 is 0 Å². The van der Waals surface area contributed by atoms with Crippen molar-refractivity contribution in [1.82, 2.24) is 10.2 Å². The van der Waals surface area contributed by atoms with Gasteiger partial charge in [0.2, 0.25) is 0 Å². The first-order valence-electron chi connectivity index (χ1n) is 8.09. The largest absolute Gasteiger partial charge is 0.496 e. The summed E-state index contributed by atoms with van der Waals surface area (Å²) in [7, 11) is 3.08. The van der Waals surface area contributed by atoms with Gasteiger partial charge in [-0.2, -0.15) is 13.2 Å². The minimum atomic E-state index is -4.18. The van der Waals surface area contributed by atoms with Crippen LogP contribution < -0.4 is 14.8 Å². The Hall–Kier alpha value is -1.47. The Balaban J connectivity index is 2.41. The van der Waals surface area contributed by atoms with Crippen LogP contribution >= 0.6 is 0 Å². The van der Waals surface area contributed by atoms with Crippen LogP contribution in [-0.4, -0.2) is 51.5 Å². The summed E-state index contributed by atoms with van der Waals surface area (Å²) < 4.78 is 49.4. The first-order chi connectivity index (χ1) is 11.4. The Kier molecular flexibility index (Phi) is 6.34. The lowest BCUT2D eigenvalue weighted by atomic mass is 9.96. The summed E-state index contributed by atoms with van der Waals surface area (Å²) in [4.78, 5) is 2.08. The topological polar surface area (TPSA) is 33.7 Å². The third kappa shape index (κ3) is 4.77. The fraction of sp³-hybridized carbons (Fsp3) is 0.647. The number of hydrogen-bond acceptors (Lipinski definition) is 4. The summed E-state index contributed by atoms with van der Waals surface area (Å²) >= 11 is 0. The third-order valence-electron chi connectivity index (χ3n) is 4.32. The summed E-state index contributed by atoms with van der Waals surface area (Å²) in [5, 5.41) is 3.23. The molecule has 1 aliphatic rings. The molecule has 1 fully saturated rings. The lowest BCUT2D eigenvalue weighted by Gasteiger charge is -2.36. The molecule has 24 heavy (non-hydrogen) atoms. The highest BCUT2D eigenvalue weighted by molar-refractivity contribution is 5.50. The molecule has 1 aliphatic heterocycles. The number of nitrogens with one attached hydrogen (secondary N) is 1. The number of alkyl halides is 3. The fourth-order valence-corrected chi connectivity index (χ4v) is 3.20. The summed E-state index contributed by atoms with van der Waals surface area (Å²) in [6.45, 7) is 4.83. The number of nitrogens with zero attached hydrogens (tertiary/aromatic N) is 1. The summed E-state index contributed by atoms with van der Waals surface area (Å²) in [5.41, 5.74) is 1.65. The van der Waals surface area contributed by atoms with Gasteiger partial charge in [-0.3, -0.25) is 4.90 Å². The van der Waals surface area contributed by atoms with E-state index in [0.29, 0.717) is 30.2 Å². The zero-order chi connectivity index (χ0) is 17.7. The molecule has 1 aromatic rings. The van der Waals surface area contributed by atoms with Crippen molar-refractivity contribution in [3.05, 3.63) is 23.3 Å². The molecule has 1 saturated heterocycles. The summed E-state index contributed by atoms with van der Waals surface area (Å²) in [5.74, 6) is 1.16. The predicted molar refractivity (Wildman–Crippen MR) is 86.8 cm³/mol. The minimum Gasteiger partial charge on any atom is -0.496 e. The molecule has 0 radical (unpaired) electrons. The number of benzene rings is 1. The van der Waals surface area contributed by atoms with Gasteiger partial charge in [0.05, 0.1) is 19.8 Å². The maximum Gasteiger partial charge on any atom is 0.389 e. The molecule has 0 saturated carbocycles. The Morgan fingerprint density at radius 3 is 2.12 bits per heavy atom. The molecule has 0 aliphatic carbocycles. The maximum absolute atomic E-state index is 12.8. The highest BCUT2D eigenvalue weighted by atomic mass is 19.4. The standard InChI is InChI=1S/C17H25F3N2O2/c1-12-10-14(23-2)16(15(11-12)24-3)13(4-5-17(18,19)20)22-8-6-21-7-9-22/h10-11,13,21H,4-9H2,1-3H3/t13-/m0/s1. The molecule has 0 bridgehead atoms. The molecule has 0 amide bonds. The molecule has 2 rings (SSSR count). The SMILES string of the molecule is COc1cc(C)cc(OC)c1[C@H](CCC(F)(F)F)N1CCNCC1. The summed E-state index contributed by atoms with van der Waals surface area (Å²) in [6, 6.07) is 3.31. The zero-order valence-corrected chi connectivity index (χ0v) is 14.4. The molecule has 1 N–H and O–H groups in total. The molecule has 136 valence electrons. The van der Waals surface area contributed by atoms with Gasteiger partial charge in [-0.25, -0.2) is 0 Å². The number of methoxy groups -OCH3 is 2. The molecule has 0 spiro atoms. The van der Waals surface area contributed by atoms with Gasteiger partial charge in [0.15, 0.2) is 0 Å². The average molecular weight is 346 g/mol. The highest BCUT2D eigenvalue weighted by Crippen LogP contribution is 2.42. The van der Waals surface area contributed by atoms with Gasteiger partial charge >= 0.3 is 6.18 Å². The van der Waals surface area contributed by atoms with E-state index in [1.807, 2.05) is 19.1 Å². The second kappa shape index (κ2) is 8.07. The second-order valence-corrected chi connectivity index (χ2v) is 6.04. The zero-order valence-electron chi connectivity index (χ0n) is 14.4. The normalized spacial score (nSPS) is 17.6. The van der Waals surface area contributed by atoms with Crippen molar-refractivity contribution in [3.63, 3.8) is 0 Å². The van der Waals surface area contributed by atoms with Gasteiger partial charge < -0.3 is 14.8 Å². The Bertz CT molecular complexity index is 518. The van der Waals surface area contributed by atoms with Crippen LogP contribution in [0.2, 0.25) is 0 Å². The van der Waals surface area contributed by atoms with Crippen LogP contribution in [0.1, 0.15) is 30.0 Å². The monoisotopic (exact) mass is 346 g/mol. The van der Waals surface area contributed by atoms with Gasteiger partial charge in [0.1, 0.15) is 11.5 Å². The van der Waals surface area contributed by atoms with E-state index in [0.717, 1.165) is 18.7 Å². The van der Waals surface area contributed by atoms with Crippen molar-refractivity contribution in [3.8, 4) is 11.5 Å². The lowest BCUT2D eigenvalue weighted by Crippen LogP contribution is -2.45. The van der Waals surface area contributed by atoms with E-state index in [1.54, 1.807) is 0 Å². The van der Waals surface area contributed by atoms with Crippen molar-refractivity contribution >= 4 is 0 Å². The van der Waals surface area contributed by atoms with E-state index in [9.17, 15) is 13.2 Å². The first kappa shape index (κ1) is 18.9. The molecule has 7 heteroatoms. The van der Waals surface area contributed by atoms with Crippen LogP contribution in [0, 0.1) is 6.92 Å². The van der Waals surface area contributed by atoms with Crippen molar-refractivity contribution in [2.75, 3.05) is 40.4 Å². The number of aryl methyl sites for hydroxylation is 1. The number of piperazine rings is 1. The molecule has 1 atom stereocenters. The van der Waals surface area contributed by atoms with Gasteiger partial charge in [-0.05, 0) is 31.0 Å². The van der Waals surface area contributed by atoms with Crippen molar-refractivity contribution in [1.29, 1.82) is 0 Å². The fourth-order valence-electron chi connectivity index (χ4n) is 3.20. The number of ether oxygens (including phenoxy) is 2. The Labute approximate surface area is 140 Å². The van der Waals surface area contributed by atoms with Gasteiger partial charge in [-0.1, -0.05) is 0 Å². The highest BCUT2D eigenvalue weighted by Gasteiger charge is 2.34. The van der Waals surface area contributed by atoms with Crippen molar-refractivity contribution in [2.24, 2.45) is 0 Å². The molecule has 4 nitrogen and oxygen atoms in total. The van der Waals surface area contributed by atoms with E-state index in [1.165, 1.54) is 14.2 Å². The average Bonchev–Trinajstić information content (AvgIpc) is 2.55. The molecule has 0 aromatic heterocycles. The molecule has 1 heterocycles. The van der Waals surface area contributed by atoms with Gasteiger partial charge in [0.25, 0.3) is 0 Å². The lowest BCUT2D eigenvalue weighted by molar-refractivity contribution is -0.138. The predicted octanol–water partition coefficient (Wildman–Crippen LogP) is 3.30. The molecular formula is C17H25F3N2O2. The van der Waals surface area contributed by atoms with Crippen LogP contribution in [0.4, 0.5) is 13.2 Å². The Morgan fingerprint density at radius 2 is 1.67 bits per heavy atom. The summed E-state index contributed by atoms with van der Waals surface area (Å²) in [6.07, 6.45) is -5.03. The van der Waals surface area contributed by atoms with E-state index in [-0.39, 0.29) is 12.5 Å². The van der Waals surface area contributed by atoms with Crippen molar-refractivity contribution in [2.45, 2.75) is 32.0 Å². The Morgan fingerprint density at radius 1 is 1.12 bits per heavy atom. The molecule has 0 unspecified atom stereocenters. The van der Waals surface area contributed by atoms with Gasteiger partial charge in [-0.15, -0.1) is 0 Å². The van der Waals surface area contributed by atoms with E-state index in [4.69, 9.17) is 9.47 Å². The molecule has 1 aromatic carbocycles. The number of halogens is 3. The van der Waals surface area contributed by atoms with Crippen LogP contribution in [0.15, 0.2) is 12.1 Å². The second-order valence-electron chi connectivity index (χ2n) is 6.04. The number of hydrogen-bond donors (Lipinski definition) is 1. The van der Waals surface area contributed by atoms with Crippen LogP contribution in [-0.2, 0) is 0 Å². The maximum atomic E-state index is 12.8. The van der Waals surface area contributed by atoms with Crippen LogP contribution in [0.25, 0.3) is 0 Å². The van der Waals surface area contributed by atoms with Crippen LogP contribution in [0.5, 0.6) is 11.5 Å². The molecular weight excluding hydrogens is 321 g/mol. The van der Waals surface area contributed by atoms with Gasteiger partial charge in [0, 0.05) is 38.6 Å². The minimum absolute atomic E-state index is 0.0146. The smallest absolute Gasteiger partial charge is 0.389 e. The van der Waals surface area contributed by atoms with E-state index < -0.39 is 12.6 Å². The third-order valence-corrected chi connectivity index (χ3v) is 4.32.